The van der Waals surface area contributed by atoms with Gasteiger partial charge in [0.2, 0.25) is 0 Å². The summed E-state index contributed by atoms with van der Waals surface area (Å²) in [5.41, 5.74) is 1.13. The summed E-state index contributed by atoms with van der Waals surface area (Å²) in [5, 5.41) is 0. The van der Waals surface area contributed by atoms with Crippen LogP contribution in [-0.4, -0.2) is 26.8 Å². The maximum absolute atomic E-state index is 11.3. The first-order valence-corrected chi connectivity index (χ1v) is 7.36. The number of hydrogen-bond donors (Lipinski definition) is 0. The SMILES string of the molecule is COc1ccc(C(CC=O)(CC=O)c2ccc(OC)cc2)cc1. The molecular formula is C19H20O4. The lowest BCUT2D eigenvalue weighted by atomic mass is 9.70. The highest BCUT2D eigenvalue weighted by Crippen LogP contribution is 2.39. The van der Waals surface area contributed by atoms with Crippen molar-refractivity contribution >= 4 is 12.6 Å². The zero-order valence-corrected chi connectivity index (χ0v) is 13.3. The minimum absolute atomic E-state index is 0.227. The van der Waals surface area contributed by atoms with Crippen molar-refractivity contribution in [2.45, 2.75) is 18.3 Å². The lowest BCUT2D eigenvalue weighted by Gasteiger charge is -2.32. The summed E-state index contributed by atoms with van der Waals surface area (Å²) in [6, 6.07) is 14.9. The van der Waals surface area contributed by atoms with Crippen molar-refractivity contribution in [3.63, 3.8) is 0 Å². The monoisotopic (exact) mass is 312 g/mol. The molecule has 0 unspecified atom stereocenters. The molecule has 0 heterocycles. The second-order valence-corrected chi connectivity index (χ2v) is 5.28. The van der Waals surface area contributed by atoms with Gasteiger partial charge in [0.05, 0.1) is 14.2 Å². The molecule has 0 aliphatic carbocycles. The molecule has 0 aliphatic rings. The Bertz CT molecular complexity index is 585. The van der Waals surface area contributed by atoms with Crippen LogP contribution in [0.4, 0.5) is 0 Å². The molecule has 0 saturated carbocycles. The van der Waals surface area contributed by atoms with Gasteiger partial charge in [-0.3, -0.25) is 0 Å². The zero-order chi connectivity index (χ0) is 16.7. The molecule has 0 saturated heterocycles. The molecule has 120 valence electrons. The fourth-order valence-electron chi connectivity index (χ4n) is 2.83. The number of methoxy groups -OCH3 is 2. The van der Waals surface area contributed by atoms with Crippen molar-refractivity contribution in [2.24, 2.45) is 0 Å². The van der Waals surface area contributed by atoms with E-state index in [0.29, 0.717) is 0 Å². The molecule has 0 fully saturated rings. The summed E-state index contributed by atoms with van der Waals surface area (Å²) >= 11 is 0. The molecule has 0 N–H and O–H groups in total. The summed E-state index contributed by atoms with van der Waals surface area (Å²) in [6.07, 6.45) is 2.17. The van der Waals surface area contributed by atoms with E-state index in [2.05, 4.69) is 0 Å². The van der Waals surface area contributed by atoms with E-state index in [1.54, 1.807) is 14.2 Å². The number of benzene rings is 2. The number of aldehydes is 2. The quantitative estimate of drug-likeness (QED) is 0.703. The molecule has 2 aromatic carbocycles. The second kappa shape index (κ2) is 7.58. The Morgan fingerprint density at radius 2 is 1.09 bits per heavy atom. The first kappa shape index (κ1) is 16.7. The normalized spacial score (nSPS) is 10.9. The van der Waals surface area contributed by atoms with E-state index >= 15 is 0 Å². The van der Waals surface area contributed by atoms with Gasteiger partial charge in [-0.25, -0.2) is 0 Å². The predicted octanol–water partition coefficient (Wildman–Crippen LogP) is 3.17. The van der Waals surface area contributed by atoms with Crippen LogP contribution in [0.15, 0.2) is 48.5 Å². The number of hydrogen-bond acceptors (Lipinski definition) is 4. The Balaban J connectivity index is 2.56. The lowest BCUT2D eigenvalue weighted by molar-refractivity contribution is -0.110. The third-order valence-electron chi connectivity index (χ3n) is 4.15. The fourth-order valence-corrected chi connectivity index (χ4v) is 2.83. The summed E-state index contributed by atoms with van der Waals surface area (Å²) in [6.45, 7) is 0. The summed E-state index contributed by atoms with van der Waals surface area (Å²) in [7, 11) is 3.20. The van der Waals surface area contributed by atoms with Gasteiger partial charge in [-0.05, 0) is 35.4 Å². The Hall–Kier alpha value is -2.62. The number of carbonyl (C=O) groups is 2. The third-order valence-corrected chi connectivity index (χ3v) is 4.15. The molecule has 2 rings (SSSR count). The summed E-state index contributed by atoms with van der Waals surface area (Å²) < 4.78 is 10.4. The molecule has 0 atom stereocenters. The lowest BCUT2D eigenvalue weighted by Crippen LogP contribution is -2.29. The largest absolute Gasteiger partial charge is 0.497 e. The number of ether oxygens (including phenoxy) is 2. The van der Waals surface area contributed by atoms with Crippen molar-refractivity contribution in [2.75, 3.05) is 14.2 Å². The molecule has 0 aliphatic heterocycles. The molecule has 0 spiro atoms. The number of carbonyl (C=O) groups excluding carboxylic acids is 2. The van der Waals surface area contributed by atoms with E-state index in [0.717, 1.165) is 35.2 Å². The molecule has 23 heavy (non-hydrogen) atoms. The van der Waals surface area contributed by atoms with Gasteiger partial charge < -0.3 is 19.1 Å². The second-order valence-electron chi connectivity index (χ2n) is 5.28. The van der Waals surface area contributed by atoms with Gasteiger partial charge in [0.15, 0.2) is 0 Å². The van der Waals surface area contributed by atoms with Crippen LogP contribution in [0.3, 0.4) is 0 Å². The Kier molecular flexibility index (Phi) is 5.52. The predicted molar refractivity (Wildman–Crippen MR) is 88.1 cm³/mol. The van der Waals surface area contributed by atoms with E-state index in [-0.39, 0.29) is 12.8 Å². The van der Waals surface area contributed by atoms with Crippen LogP contribution in [0.5, 0.6) is 11.5 Å². The van der Waals surface area contributed by atoms with Crippen LogP contribution in [0.1, 0.15) is 24.0 Å². The fraction of sp³-hybridized carbons (Fsp3) is 0.263. The van der Waals surface area contributed by atoms with Crippen LogP contribution < -0.4 is 9.47 Å². The van der Waals surface area contributed by atoms with Gasteiger partial charge >= 0.3 is 0 Å². The van der Waals surface area contributed by atoms with Crippen LogP contribution in [0.25, 0.3) is 0 Å². The Morgan fingerprint density at radius 3 is 1.35 bits per heavy atom. The van der Waals surface area contributed by atoms with Gasteiger partial charge in [-0.15, -0.1) is 0 Å². The molecule has 4 nitrogen and oxygen atoms in total. The highest BCUT2D eigenvalue weighted by atomic mass is 16.5. The van der Waals surface area contributed by atoms with Crippen molar-refractivity contribution in [3.05, 3.63) is 59.7 Å². The molecule has 0 aromatic heterocycles. The Labute approximate surface area is 136 Å². The molecular weight excluding hydrogens is 292 g/mol. The van der Waals surface area contributed by atoms with Gasteiger partial charge in [0.1, 0.15) is 24.1 Å². The zero-order valence-electron chi connectivity index (χ0n) is 13.3. The average Bonchev–Trinajstić information content (AvgIpc) is 2.61. The van der Waals surface area contributed by atoms with E-state index in [1.165, 1.54) is 0 Å². The topological polar surface area (TPSA) is 52.6 Å². The highest BCUT2D eigenvalue weighted by molar-refractivity contribution is 5.64. The maximum atomic E-state index is 11.3. The van der Waals surface area contributed by atoms with E-state index in [4.69, 9.17) is 9.47 Å². The van der Waals surface area contributed by atoms with Gasteiger partial charge in [-0.2, -0.15) is 0 Å². The molecule has 2 aromatic rings. The van der Waals surface area contributed by atoms with Crippen LogP contribution in [0, 0.1) is 0 Å². The van der Waals surface area contributed by atoms with E-state index < -0.39 is 5.41 Å². The van der Waals surface area contributed by atoms with Crippen LogP contribution >= 0.6 is 0 Å². The first-order chi connectivity index (χ1) is 11.2. The van der Waals surface area contributed by atoms with Crippen molar-refractivity contribution in [3.8, 4) is 11.5 Å². The minimum atomic E-state index is -0.679. The maximum Gasteiger partial charge on any atom is 0.121 e. The van der Waals surface area contributed by atoms with Crippen molar-refractivity contribution < 1.29 is 19.1 Å². The minimum Gasteiger partial charge on any atom is -0.497 e. The van der Waals surface area contributed by atoms with E-state index in [9.17, 15) is 9.59 Å². The Morgan fingerprint density at radius 1 is 0.739 bits per heavy atom. The van der Waals surface area contributed by atoms with E-state index in [1.807, 2.05) is 48.5 Å². The summed E-state index contributed by atoms with van der Waals surface area (Å²) in [4.78, 5) is 22.6. The third kappa shape index (κ3) is 3.42. The standard InChI is InChI=1S/C19H20O4/c1-22-17-7-3-15(4-8-17)19(11-13-20,12-14-21)16-5-9-18(23-2)10-6-16/h3-10,13-14H,11-12H2,1-2H3. The van der Waals surface area contributed by atoms with Crippen LogP contribution in [0.2, 0.25) is 0 Å². The molecule has 4 heteroatoms. The van der Waals surface area contributed by atoms with Crippen molar-refractivity contribution in [1.82, 2.24) is 0 Å². The molecule has 0 amide bonds. The van der Waals surface area contributed by atoms with Gasteiger partial charge in [0.25, 0.3) is 0 Å². The summed E-state index contributed by atoms with van der Waals surface area (Å²) in [5.74, 6) is 1.46. The molecule has 0 bridgehead atoms. The molecule has 0 radical (unpaired) electrons. The van der Waals surface area contributed by atoms with Crippen molar-refractivity contribution in [1.29, 1.82) is 0 Å². The smallest absolute Gasteiger partial charge is 0.121 e. The number of rotatable bonds is 8. The average molecular weight is 312 g/mol. The van der Waals surface area contributed by atoms with Crippen LogP contribution in [-0.2, 0) is 15.0 Å². The van der Waals surface area contributed by atoms with Gasteiger partial charge in [0, 0.05) is 18.3 Å². The highest BCUT2D eigenvalue weighted by Gasteiger charge is 2.33. The van der Waals surface area contributed by atoms with Gasteiger partial charge in [-0.1, -0.05) is 24.3 Å². The first-order valence-electron chi connectivity index (χ1n) is 7.36.